The van der Waals surface area contributed by atoms with Crippen LogP contribution in [-0.4, -0.2) is 31.2 Å². The van der Waals surface area contributed by atoms with Crippen molar-refractivity contribution in [2.45, 2.75) is 29.6 Å². The zero-order valence-corrected chi connectivity index (χ0v) is 16.3. The molecule has 0 spiro atoms. The molecule has 0 saturated carbocycles. The molecule has 5 nitrogen and oxygen atoms in total. The Bertz CT molecular complexity index is 872. The highest BCUT2D eigenvalue weighted by atomic mass is 79.9. The summed E-state index contributed by atoms with van der Waals surface area (Å²) < 4.78 is 40.9. The Balaban J connectivity index is 1.72. The van der Waals surface area contributed by atoms with Crippen LogP contribution >= 0.6 is 27.3 Å². The van der Waals surface area contributed by atoms with E-state index in [2.05, 4.69) is 21.2 Å². The lowest BCUT2D eigenvalue weighted by Gasteiger charge is -2.22. The monoisotopic (exact) mass is 446 g/mol. The summed E-state index contributed by atoms with van der Waals surface area (Å²) in [6, 6.07) is 6.70. The third-order valence-corrected chi connectivity index (χ3v) is 8.08. The molecule has 2 heterocycles. The maximum absolute atomic E-state index is 13.3. The predicted molar refractivity (Wildman–Crippen MR) is 97.2 cm³/mol. The summed E-state index contributed by atoms with van der Waals surface area (Å²) in [5, 5.41) is 4.41. The Kier molecular flexibility index (Phi) is 5.57. The molecular weight excluding hydrogens is 431 g/mol. The van der Waals surface area contributed by atoms with Gasteiger partial charge < -0.3 is 5.32 Å². The van der Waals surface area contributed by atoms with Gasteiger partial charge in [-0.3, -0.25) is 4.79 Å². The lowest BCUT2D eigenvalue weighted by Crippen LogP contribution is -2.45. The fourth-order valence-corrected chi connectivity index (χ4v) is 5.96. The molecule has 1 atom stereocenters. The molecule has 134 valence electrons. The number of hydrogen-bond acceptors (Lipinski definition) is 4. The topological polar surface area (TPSA) is 66.5 Å². The number of thiophene rings is 1. The summed E-state index contributed by atoms with van der Waals surface area (Å²) in [7, 11) is -3.67. The van der Waals surface area contributed by atoms with E-state index in [9.17, 15) is 17.6 Å². The van der Waals surface area contributed by atoms with E-state index < -0.39 is 21.9 Å². The maximum Gasteiger partial charge on any atom is 0.253 e. The van der Waals surface area contributed by atoms with Gasteiger partial charge in [0.1, 0.15) is 16.1 Å². The molecular formula is C16H16BrFN2O3S2. The van der Waals surface area contributed by atoms with Gasteiger partial charge in [0.05, 0.1) is 0 Å². The first-order valence-corrected chi connectivity index (χ1v) is 10.8. The molecule has 0 radical (unpaired) electrons. The lowest BCUT2D eigenvalue weighted by molar-refractivity contribution is -0.124. The van der Waals surface area contributed by atoms with Crippen molar-refractivity contribution in [1.29, 1.82) is 0 Å². The van der Waals surface area contributed by atoms with Crippen molar-refractivity contribution in [2.75, 3.05) is 6.54 Å². The van der Waals surface area contributed by atoms with Crippen LogP contribution in [0.1, 0.15) is 18.4 Å². The van der Waals surface area contributed by atoms with Crippen LogP contribution in [0.15, 0.2) is 44.4 Å². The molecule has 1 aliphatic rings. The van der Waals surface area contributed by atoms with Gasteiger partial charge in [0, 0.05) is 17.6 Å². The van der Waals surface area contributed by atoms with E-state index in [0.29, 0.717) is 29.4 Å². The summed E-state index contributed by atoms with van der Waals surface area (Å²) in [4.78, 5) is 12.5. The summed E-state index contributed by atoms with van der Waals surface area (Å²) >= 11 is 4.45. The number of halogens is 2. The van der Waals surface area contributed by atoms with Crippen LogP contribution in [0.5, 0.6) is 0 Å². The van der Waals surface area contributed by atoms with Crippen molar-refractivity contribution < 1.29 is 17.6 Å². The number of rotatable bonds is 5. The van der Waals surface area contributed by atoms with Crippen LogP contribution in [0.4, 0.5) is 4.39 Å². The van der Waals surface area contributed by atoms with Crippen LogP contribution in [0.25, 0.3) is 0 Å². The van der Waals surface area contributed by atoms with Crippen molar-refractivity contribution in [3.63, 3.8) is 0 Å². The van der Waals surface area contributed by atoms with Crippen molar-refractivity contribution in [1.82, 2.24) is 9.62 Å². The van der Waals surface area contributed by atoms with Gasteiger partial charge in [0.25, 0.3) is 10.0 Å². The molecule has 1 N–H and O–H groups in total. The minimum Gasteiger partial charge on any atom is -0.351 e. The van der Waals surface area contributed by atoms with Gasteiger partial charge in [-0.25, -0.2) is 12.8 Å². The molecule has 1 amide bonds. The fraction of sp³-hybridized carbons (Fsp3) is 0.312. The normalized spacial score (nSPS) is 18.4. The number of amides is 1. The SMILES string of the molecule is O=C(NCc1cc(F)ccc1Br)C1CCCN1S(=O)(=O)c1cccs1. The van der Waals surface area contributed by atoms with Crippen molar-refractivity contribution in [3.05, 3.63) is 51.6 Å². The summed E-state index contributed by atoms with van der Waals surface area (Å²) in [5.41, 5.74) is 0.596. The van der Waals surface area contributed by atoms with E-state index in [1.165, 1.54) is 22.5 Å². The number of carbonyl (C=O) groups is 1. The quantitative estimate of drug-likeness (QED) is 0.766. The highest BCUT2D eigenvalue weighted by Gasteiger charge is 2.39. The van der Waals surface area contributed by atoms with Crippen LogP contribution in [0.3, 0.4) is 0 Å². The summed E-state index contributed by atoms with van der Waals surface area (Å²) in [6.45, 7) is 0.447. The Labute approximate surface area is 158 Å². The Morgan fingerprint density at radius 3 is 2.92 bits per heavy atom. The Morgan fingerprint density at radius 1 is 1.40 bits per heavy atom. The average molecular weight is 447 g/mol. The number of sulfonamides is 1. The van der Waals surface area contributed by atoms with Gasteiger partial charge in [0.15, 0.2) is 0 Å². The van der Waals surface area contributed by atoms with E-state index in [0.717, 1.165) is 11.3 Å². The first kappa shape index (κ1) is 18.5. The van der Waals surface area contributed by atoms with Crippen LogP contribution < -0.4 is 5.32 Å². The van der Waals surface area contributed by atoms with Crippen molar-refractivity contribution in [2.24, 2.45) is 0 Å². The lowest BCUT2D eigenvalue weighted by atomic mass is 10.2. The molecule has 3 rings (SSSR count). The average Bonchev–Trinajstić information content (AvgIpc) is 3.27. The molecule has 1 fully saturated rings. The summed E-state index contributed by atoms with van der Waals surface area (Å²) in [5.74, 6) is -0.760. The van der Waals surface area contributed by atoms with Gasteiger partial charge in [-0.05, 0) is 48.1 Å². The second-order valence-corrected chi connectivity index (χ2v) is 9.58. The number of carbonyl (C=O) groups excluding carboxylic acids is 1. The number of nitrogens with one attached hydrogen (secondary N) is 1. The third-order valence-electron chi connectivity index (χ3n) is 4.03. The first-order valence-electron chi connectivity index (χ1n) is 7.66. The van der Waals surface area contributed by atoms with E-state index in [1.807, 2.05) is 0 Å². The molecule has 1 aromatic carbocycles. The van der Waals surface area contributed by atoms with Crippen molar-refractivity contribution >= 4 is 43.2 Å². The first-order chi connectivity index (χ1) is 11.9. The second-order valence-electron chi connectivity index (χ2n) is 5.66. The zero-order valence-electron chi connectivity index (χ0n) is 13.1. The molecule has 1 saturated heterocycles. The standard InChI is InChI=1S/C16H16BrFN2O3S2/c17-13-6-5-12(18)9-11(13)10-19-16(21)14-3-1-7-20(14)25(22,23)15-4-2-8-24-15/h2,4-6,8-9,14H,1,3,7,10H2,(H,19,21). The largest absolute Gasteiger partial charge is 0.351 e. The molecule has 1 aromatic heterocycles. The minimum absolute atomic E-state index is 0.126. The molecule has 2 aromatic rings. The maximum atomic E-state index is 13.3. The Morgan fingerprint density at radius 2 is 2.20 bits per heavy atom. The second kappa shape index (κ2) is 7.53. The minimum atomic E-state index is -3.67. The molecule has 0 aliphatic carbocycles. The van der Waals surface area contributed by atoms with E-state index in [1.54, 1.807) is 17.5 Å². The predicted octanol–water partition coefficient (Wildman–Crippen LogP) is 3.12. The van der Waals surface area contributed by atoms with Crippen LogP contribution in [-0.2, 0) is 21.4 Å². The van der Waals surface area contributed by atoms with Crippen LogP contribution in [0, 0.1) is 5.82 Å². The van der Waals surface area contributed by atoms with E-state index >= 15 is 0 Å². The van der Waals surface area contributed by atoms with Gasteiger partial charge in [-0.1, -0.05) is 22.0 Å². The molecule has 25 heavy (non-hydrogen) atoms. The molecule has 1 unspecified atom stereocenters. The highest BCUT2D eigenvalue weighted by Crippen LogP contribution is 2.28. The number of hydrogen-bond donors (Lipinski definition) is 1. The van der Waals surface area contributed by atoms with Crippen LogP contribution in [0.2, 0.25) is 0 Å². The fourth-order valence-electron chi connectivity index (χ4n) is 2.79. The van der Waals surface area contributed by atoms with Gasteiger partial charge in [-0.15, -0.1) is 11.3 Å². The van der Waals surface area contributed by atoms with E-state index in [-0.39, 0.29) is 16.7 Å². The molecule has 9 heteroatoms. The van der Waals surface area contributed by atoms with Gasteiger partial charge >= 0.3 is 0 Å². The highest BCUT2D eigenvalue weighted by molar-refractivity contribution is 9.10. The van der Waals surface area contributed by atoms with Gasteiger partial charge in [0.2, 0.25) is 5.91 Å². The molecule has 0 bridgehead atoms. The molecule has 1 aliphatic heterocycles. The van der Waals surface area contributed by atoms with E-state index in [4.69, 9.17) is 0 Å². The number of nitrogens with zero attached hydrogens (tertiary/aromatic N) is 1. The smallest absolute Gasteiger partial charge is 0.253 e. The van der Waals surface area contributed by atoms with Gasteiger partial charge in [-0.2, -0.15) is 4.31 Å². The zero-order chi connectivity index (χ0) is 18.0. The Hall–Kier alpha value is -1.29. The number of benzene rings is 1. The third kappa shape index (κ3) is 3.94. The summed E-state index contributed by atoms with van der Waals surface area (Å²) in [6.07, 6.45) is 1.10. The van der Waals surface area contributed by atoms with Crippen molar-refractivity contribution in [3.8, 4) is 0 Å².